The third-order valence-corrected chi connectivity index (χ3v) is 3.41. The van der Waals surface area contributed by atoms with E-state index in [1.807, 2.05) is 52.0 Å². The van der Waals surface area contributed by atoms with Crippen molar-refractivity contribution in [3.8, 4) is 17.4 Å². The number of hydrogen-bond donors (Lipinski definition) is 0. The monoisotopic (exact) mass is 331 g/mol. The van der Waals surface area contributed by atoms with Gasteiger partial charge in [-0.2, -0.15) is 9.67 Å². The van der Waals surface area contributed by atoms with E-state index in [1.54, 1.807) is 7.11 Å². The van der Waals surface area contributed by atoms with E-state index in [1.165, 1.54) is 4.68 Å². The van der Waals surface area contributed by atoms with Gasteiger partial charge in [0.25, 0.3) is 0 Å². The summed E-state index contributed by atoms with van der Waals surface area (Å²) in [6, 6.07) is 7.97. The number of methoxy groups -OCH3 is 1. The molecule has 0 aliphatic carbocycles. The van der Waals surface area contributed by atoms with Gasteiger partial charge in [0.05, 0.1) is 6.61 Å². The van der Waals surface area contributed by atoms with Gasteiger partial charge in [-0.25, -0.2) is 0 Å². The fourth-order valence-electron chi connectivity index (χ4n) is 2.27. The highest BCUT2D eigenvalue weighted by Gasteiger charge is 2.23. The number of benzene rings is 1. The molecule has 6 heteroatoms. The van der Waals surface area contributed by atoms with E-state index in [0.29, 0.717) is 25.5 Å². The van der Waals surface area contributed by atoms with Crippen molar-refractivity contribution < 1.29 is 14.3 Å². The molecule has 0 aliphatic rings. The van der Waals surface area contributed by atoms with Crippen molar-refractivity contribution in [3.63, 3.8) is 0 Å². The van der Waals surface area contributed by atoms with Crippen LogP contribution in [0.25, 0.3) is 11.4 Å². The zero-order valence-electron chi connectivity index (χ0n) is 15.0. The summed E-state index contributed by atoms with van der Waals surface area (Å²) in [5.74, 6) is 0.407. The molecule has 0 saturated carbocycles. The largest absolute Gasteiger partial charge is 0.460 e. The van der Waals surface area contributed by atoms with E-state index in [9.17, 15) is 4.79 Å². The van der Waals surface area contributed by atoms with Crippen molar-refractivity contribution in [2.75, 3.05) is 20.3 Å². The first kappa shape index (κ1) is 18.1. The summed E-state index contributed by atoms with van der Waals surface area (Å²) in [4.78, 5) is 17.1. The minimum atomic E-state index is -0.136. The van der Waals surface area contributed by atoms with Crippen LogP contribution in [-0.4, -0.2) is 41.0 Å². The van der Waals surface area contributed by atoms with Gasteiger partial charge in [-0.15, -0.1) is 5.10 Å². The Hall–Kier alpha value is -2.21. The van der Waals surface area contributed by atoms with Crippen LogP contribution in [-0.2, 0) is 4.74 Å². The predicted octanol–water partition coefficient (Wildman–Crippen LogP) is 3.36. The van der Waals surface area contributed by atoms with Gasteiger partial charge in [0.1, 0.15) is 6.61 Å². The van der Waals surface area contributed by atoms with E-state index < -0.39 is 0 Å². The molecule has 0 N–H and O–H groups in total. The van der Waals surface area contributed by atoms with Gasteiger partial charge in [0.2, 0.25) is 5.91 Å². The molecule has 6 nitrogen and oxygen atoms in total. The molecule has 0 saturated heterocycles. The summed E-state index contributed by atoms with van der Waals surface area (Å²) in [5.41, 5.74) is 1.76. The summed E-state index contributed by atoms with van der Waals surface area (Å²) in [5, 5.41) is 4.26. The smallest absolute Gasteiger partial charge is 0.336 e. The molecule has 2 aromatic rings. The lowest BCUT2D eigenvalue weighted by molar-refractivity contribution is 0.0838. The Morgan fingerprint density at radius 1 is 1.21 bits per heavy atom. The van der Waals surface area contributed by atoms with Gasteiger partial charge in [-0.05, 0) is 17.9 Å². The first-order valence-electron chi connectivity index (χ1n) is 8.00. The average molecular weight is 331 g/mol. The molecule has 1 aromatic heterocycles. The molecular weight excluding hydrogens is 306 g/mol. The number of carbonyl (C=O) groups is 1. The van der Waals surface area contributed by atoms with Gasteiger partial charge in [0.15, 0.2) is 5.82 Å². The second-order valence-corrected chi connectivity index (χ2v) is 6.92. The second kappa shape index (κ2) is 7.57. The topological polar surface area (TPSA) is 66.2 Å². The zero-order chi connectivity index (χ0) is 17.7. The van der Waals surface area contributed by atoms with E-state index in [0.717, 1.165) is 11.1 Å². The van der Waals surface area contributed by atoms with E-state index in [2.05, 4.69) is 10.1 Å². The van der Waals surface area contributed by atoms with Crippen LogP contribution in [0.2, 0.25) is 0 Å². The lowest BCUT2D eigenvalue weighted by atomic mass is 9.92. The van der Waals surface area contributed by atoms with Gasteiger partial charge >= 0.3 is 6.01 Å². The predicted molar refractivity (Wildman–Crippen MR) is 92.3 cm³/mol. The van der Waals surface area contributed by atoms with Crippen molar-refractivity contribution in [2.24, 2.45) is 5.41 Å². The van der Waals surface area contributed by atoms with E-state index >= 15 is 0 Å². The maximum absolute atomic E-state index is 12.7. The number of ether oxygens (including phenoxy) is 2. The van der Waals surface area contributed by atoms with Crippen molar-refractivity contribution in [1.82, 2.24) is 14.8 Å². The summed E-state index contributed by atoms with van der Waals surface area (Å²) in [6.07, 6.45) is 0.368. The molecule has 0 unspecified atom stereocenters. The van der Waals surface area contributed by atoms with Crippen LogP contribution in [0.5, 0.6) is 6.01 Å². The van der Waals surface area contributed by atoms with Crippen molar-refractivity contribution in [2.45, 2.75) is 34.1 Å². The molecule has 0 radical (unpaired) electrons. The van der Waals surface area contributed by atoms with Crippen LogP contribution in [0.4, 0.5) is 0 Å². The Balaban J connectivity index is 2.39. The Morgan fingerprint density at radius 3 is 2.54 bits per heavy atom. The maximum atomic E-state index is 12.7. The summed E-state index contributed by atoms with van der Waals surface area (Å²) in [7, 11) is 1.60. The highest BCUT2D eigenvalue weighted by molar-refractivity contribution is 5.83. The first-order valence-corrected chi connectivity index (χ1v) is 8.00. The van der Waals surface area contributed by atoms with Gasteiger partial charge in [-0.3, -0.25) is 4.79 Å². The molecule has 0 atom stereocenters. The van der Waals surface area contributed by atoms with Crippen molar-refractivity contribution in [3.05, 3.63) is 29.8 Å². The Kier molecular flexibility index (Phi) is 5.72. The molecule has 0 fully saturated rings. The minimum Gasteiger partial charge on any atom is -0.460 e. The number of nitrogens with zero attached hydrogens (tertiary/aromatic N) is 3. The normalized spacial score (nSPS) is 11.5. The lowest BCUT2D eigenvalue weighted by Crippen LogP contribution is -2.21. The lowest BCUT2D eigenvalue weighted by Gasteiger charge is -2.17. The molecule has 0 aliphatic heterocycles. The number of rotatable bonds is 6. The quantitative estimate of drug-likeness (QED) is 0.759. The number of aryl methyl sites for hydroxylation is 1. The Labute approximate surface area is 142 Å². The summed E-state index contributed by atoms with van der Waals surface area (Å²) in [6.45, 7) is 8.81. The molecule has 1 heterocycles. The molecule has 1 aromatic carbocycles. The number of aromatic nitrogens is 3. The third kappa shape index (κ3) is 4.64. The number of carbonyl (C=O) groups excluding carboxylic acids is 1. The van der Waals surface area contributed by atoms with Crippen LogP contribution in [0.15, 0.2) is 24.3 Å². The fourth-order valence-corrected chi connectivity index (χ4v) is 2.27. The molecule has 2 rings (SSSR count). The van der Waals surface area contributed by atoms with Crippen LogP contribution in [0, 0.1) is 12.3 Å². The van der Waals surface area contributed by atoms with Crippen molar-refractivity contribution in [1.29, 1.82) is 0 Å². The summed E-state index contributed by atoms with van der Waals surface area (Å²) >= 11 is 0. The van der Waals surface area contributed by atoms with Crippen LogP contribution in [0.3, 0.4) is 0 Å². The summed E-state index contributed by atoms with van der Waals surface area (Å²) < 4.78 is 11.8. The minimum absolute atomic E-state index is 0.102. The van der Waals surface area contributed by atoms with Crippen molar-refractivity contribution >= 4 is 5.91 Å². The van der Waals surface area contributed by atoms with Crippen LogP contribution >= 0.6 is 0 Å². The average Bonchev–Trinajstić information content (AvgIpc) is 2.90. The van der Waals surface area contributed by atoms with Gasteiger partial charge < -0.3 is 9.47 Å². The first-order chi connectivity index (χ1) is 11.3. The standard InChI is InChI=1S/C18H25N3O3/c1-13-8-6-7-9-14(13)16-19-17(24-11-10-23-5)20-21(16)15(22)12-18(2,3)4/h6-9H,10-12H2,1-5H3. The molecule has 0 amide bonds. The maximum Gasteiger partial charge on any atom is 0.336 e. The fraction of sp³-hybridized carbons (Fsp3) is 0.500. The molecular formula is C18H25N3O3. The highest BCUT2D eigenvalue weighted by Crippen LogP contribution is 2.26. The van der Waals surface area contributed by atoms with E-state index in [4.69, 9.17) is 9.47 Å². The Bertz CT molecular complexity index is 702. The molecule has 24 heavy (non-hydrogen) atoms. The van der Waals surface area contributed by atoms with Crippen LogP contribution < -0.4 is 4.74 Å². The zero-order valence-corrected chi connectivity index (χ0v) is 15.0. The Morgan fingerprint density at radius 2 is 1.92 bits per heavy atom. The molecule has 130 valence electrons. The molecule has 0 spiro atoms. The second-order valence-electron chi connectivity index (χ2n) is 6.92. The van der Waals surface area contributed by atoms with Crippen LogP contribution in [0.1, 0.15) is 37.6 Å². The molecule has 0 bridgehead atoms. The number of hydrogen-bond acceptors (Lipinski definition) is 5. The SMILES string of the molecule is COCCOc1nc(-c2ccccc2C)n(C(=O)CC(C)(C)C)n1. The van der Waals surface area contributed by atoms with Gasteiger partial charge in [0, 0.05) is 19.1 Å². The highest BCUT2D eigenvalue weighted by atomic mass is 16.5. The third-order valence-electron chi connectivity index (χ3n) is 3.41. The van der Waals surface area contributed by atoms with E-state index in [-0.39, 0.29) is 17.3 Å². The van der Waals surface area contributed by atoms with Gasteiger partial charge in [-0.1, -0.05) is 45.0 Å².